The molecule has 1 fully saturated rings. The summed E-state index contributed by atoms with van der Waals surface area (Å²) < 4.78 is 41.6. The van der Waals surface area contributed by atoms with Crippen molar-refractivity contribution in [2.75, 3.05) is 6.61 Å². The maximum atomic E-state index is 12.3. The fourth-order valence-corrected chi connectivity index (χ4v) is 1.77. The summed E-state index contributed by atoms with van der Waals surface area (Å²) >= 11 is 0. The van der Waals surface area contributed by atoms with Gasteiger partial charge in [-0.25, -0.2) is 4.79 Å². The van der Waals surface area contributed by atoms with E-state index in [4.69, 9.17) is 4.74 Å². The van der Waals surface area contributed by atoms with Gasteiger partial charge in [0.2, 0.25) is 0 Å². The van der Waals surface area contributed by atoms with Crippen molar-refractivity contribution in [3.63, 3.8) is 0 Å². The number of esters is 1. The molecule has 92 valence electrons. The molecule has 2 rings (SSSR count). The van der Waals surface area contributed by atoms with E-state index in [1.165, 1.54) is 0 Å². The molecule has 0 aliphatic heterocycles. The minimum Gasteiger partial charge on any atom is -0.462 e. The van der Waals surface area contributed by atoms with Gasteiger partial charge in [0.05, 0.1) is 12.2 Å². The third kappa shape index (κ3) is 4.38. The largest absolute Gasteiger partial charge is 1.00 e. The molecule has 2 nitrogen and oxygen atoms in total. The molecule has 0 amide bonds. The summed E-state index contributed by atoms with van der Waals surface area (Å²) in [5.41, 5.74) is 0.363. The molecule has 0 N–H and O–H groups in total. The van der Waals surface area contributed by atoms with Gasteiger partial charge < -0.3 is 17.7 Å². The van der Waals surface area contributed by atoms with Crippen LogP contribution in [0.15, 0.2) is 30.3 Å². The molecule has 1 aromatic rings. The predicted octanol–water partition coefficient (Wildman–Crippen LogP) is 0.0849. The third-order valence-corrected chi connectivity index (χ3v) is 2.90. The van der Waals surface area contributed by atoms with Crippen LogP contribution in [-0.4, -0.2) is 19.6 Å². The van der Waals surface area contributed by atoms with E-state index >= 15 is 0 Å². The van der Waals surface area contributed by atoms with Gasteiger partial charge in [-0.2, -0.15) is 0 Å². The van der Waals surface area contributed by atoms with Crippen LogP contribution in [0.4, 0.5) is 12.9 Å². The molecule has 0 heterocycles. The molecule has 1 aromatic carbocycles. The van der Waals surface area contributed by atoms with Crippen molar-refractivity contribution >= 4 is 12.9 Å². The smallest absolute Gasteiger partial charge is 0.462 e. The first-order chi connectivity index (χ1) is 7.98. The second-order valence-electron chi connectivity index (χ2n) is 4.25. The summed E-state index contributed by atoms with van der Waals surface area (Å²) in [6.45, 7) is -4.92. The summed E-state index contributed by atoms with van der Waals surface area (Å²) in [4.78, 5) is 11.4. The van der Waals surface area contributed by atoms with E-state index < -0.39 is 24.7 Å². The Morgan fingerprint density at radius 1 is 1.28 bits per heavy atom. The van der Waals surface area contributed by atoms with Crippen LogP contribution in [0.3, 0.4) is 0 Å². The van der Waals surface area contributed by atoms with E-state index in [-0.39, 0.29) is 64.4 Å². The Bertz CT molecular complexity index is 410. The zero-order chi connectivity index (χ0) is 12.5. The molecule has 0 aromatic heterocycles. The molecule has 0 bridgehead atoms. The number of halogens is 3. The van der Waals surface area contributed by atoms with Crippen LogP contribution in [0, 0.1) is 5.92 Å². The zero-order valence-electron chi connectivity index (χ0n) is 9.98. The van der Waals surface area contributed by atoms with Crippen molar-refractivity contribution in [3.05, 3.63) is 35.9 Å². The van der Waals surface area contributed by atoms with Crippen molar-refractivity contribution in [1.82, 2.24) is 0 Å². The van der Waals surface area contributed by atoms with Gasteiger partial charge in [0.1, 0.15) is 0 Å². The molecular weight excluding hydrogens is 271 g/mol. The molecule has 0 unspecified atom stereocenters. The Hall–Kier alpha value is 0.181. The summed E-state index contributed by atoms with van der Waals surface area (Å²) in [6.07, 6.45) is 0.0889. The summed E-state index contributed by atoms with van der Waals surface area (Å²) in [5.74, 6) is -2.34. The van der Waals surface area contributed by atoms with Gasteiger partial charge in [0.15, 0.2) is 0 Å². The first-order valence-corrected chi connectivity index (χ1v) is 5.40. The van der Waals surface area contributed by atoms with Crippen molar-refractivity contribution < 1.29 is 73.9 Å². The van der Waals surface area contributed by atoms with Crippen LogP contribution in [0.1, 0.15) is 16.8 Å². The molecular formula is C11H11BF3KO2. The second-order valence-corrected chi connectivity index (χ2v) is 4.25. The van der Waals surface area contributed by atoms with Crippen molar-refractivity contribution in [3.8, 4) is 0 Å². The van der Waals surface area contributed by atoms with E-state index in [0.29, 0.717) is 5.56 Å². The number of hydrogen-bond donors (Lipinski definition) is 0. The average molecular weight is 282 g/mol. The minimum atomic E-state index is -4.78. The molecule has 1 aliphatic rings. The van der Waals surface area contributed by atoms with Gasteiger partial charge in [-0.15, -0.1) is 0 Å². The summed E-state index contributed by atoms with van der Waals surface area (Å²) in [5, 5.41) is 0. The van der Waals surface area contributed by atoms with E-state index in [2.05, 4.69) is 0 Å². The minimum absolute atomic E-state index is 0. The van der Waals surface area contributed by atoms with Crippen LogP contribution < -0.4 is 51.4 Å². The second kappa shape index (κ2) is 6.56. The number of benzene rings is 1. The van der Waals surface area contributed by atoms with Crippen molar-refractivity contribution in [2.24, 2.45) is 5.92 Å². The summed E-state index contributed by atoms with van der Waals surface area (Å²) in [6, 6.07) is 8.24. The zero-order valence-corrected chi connectivity index (χ0v) is 13.1. The Morgan fingerprint density at radius 2 is 1.89 bits per heavy atom. The van der Waals surface area contributed by atoms with Crippen LogP contribution in [-0.2, 0) is 4.74 Å². The van der Waals surface area contributed by atoms with Gasteiger partial charge in [-0.1, -0.05) is 30.4 Å². The van der Waals surface area contributed by atoms with Crippen LogP contribution >= 0.6 is 0 Å². The molecule has 18 heavy (non-hydrogen) atoms. The van der Waals surface area contributed by atoms with Gasteiger partial charge in [-0.05, 0) is 18.1 Å². The van der Waals surface area contributed by atoms with Gasteiger partial charge in [0.25, 0.3) is 0 Å². The predicted molar refractivity (Wildman–Crippen MR) is 57.7 cm³/mol. The van der Waals surface area contributed by atoms with Crippen molar-refractivity contribution in [1.29, 1.82) is 0 Å². The number of carbonyl (C=O) groups excluding carboxylic acids is 1. The molecule has 1 aliphatic carbocycles. The standard InChI is InChI=1S/C11H11BF3O2.K/c13-12(14,15)10-6-9(10)7-17-11(16)8-4-2-1-3-5-8;/h1-5,9-10H,6-7H2;/q-1;+1/t9-,10-;/m1./s1. The number of rotatable bonds is 4. The fourth-order valence-electron chi connectivity index (χ4n) is 1.77. The number of hydrogen-bond acceptors (Lipinski definition) is 2. The monoisotopic (exact) mass is 282 g/mol. The molecule has 0 saturated heterocycles. The van der Waals surface area contributed by atoms with Gasteiger partial charge in [0, 0.05) is 0 Å². The molecule has 2 atom stereocenters. The Balaban J connectivity index is 0.00000162. The third-order valence-electron chi connectivity index (χ3n) is 2.90. The average Bonchev–Trinajstić information content (AvgIpc) is 3.06. The van der Waals surface area contributed by atoms with Crippen LogP contribution in [0.5, 0.6) is 0 Å². The topological polar surface area (TPSA) is 26.3 Å². The van der Waals surface area contributed by atoms with E-state index in [9.17, 15) is 17.7 Å². The van der Waals surface area contributed by atoms with E-state index in [1.54, 1.807) is 30.3 Å². The molecule has 1 saturated carbocycles. The molecule has 0 spiro atoms. The van der Waals surface area contributed by atoms with Crippen molar-refractivity contribution in [2.45, 2.75) is 12.2 Å². The Labute approximate surface area is 146 Å². The quantitative estimate of drug-likeness (QED) is 0.578. The van der Waals surface area contributed by atoms with E-state index in [1.807, 2.05) is 0 Å². The first kappa shape index (κ1) is 16.2. The Kier molecular flexibility index (Phi) is 5.92. The summed E-state index contributed by atoms with van der Waals surface area (Å²) in [7, 11) is 0. The number of carbonyl (C=O) groups is 1. The normalized spacial score (nSPS) is 21.9. The molecule has 7 heteroatoms. The van der Waals surface area contributed by atoms with E-state index in [0.717, 1.165) is 0 Å². The van der Waals surface area contributed by atoms with Crippen LogP contribution in [0.2, 0.25) is 5.82 Å². The molecule has 0 radical (unpaired) electrons. The van der Waals surface area contributed by atoms with Gasteiger partial charge in [-0.3, -0.25) is 0 Å². The number of ether oxygens (including phenoxy) is 1. The Morgan fingerprint density at radius 3 is 2.39 bits per heavy atom. The maximum absolute atomic E-state index is 12.3. The SMILES string of the molecule is O=C(OC[C@H]1C[C@H]1[B-](F)(F)F)c1ccccc1.[K+]. The maximum Gasteiger partial charge on any atom is 1.00 e. The van der Waals surface area contributed by atoms with Gasteiger partial charge >= 0.3 is 64.3 Å². The first-order valence-electron chi connectivity index (χ1n) is 5.40. The fraction of sp³-hybridized carbons (Fsp3) is 0.364. The van der Waals surface area contributed by atoms with Crippen LogP contribution in [0.25, 0.3) is 0 Å².